The zero-order valence-corrected chi connectivity index (χ0v) is 15.9. The van der Waals surface area contributed by atoms with Gasteiger partial charge in [-0.15, -0.1) is 0 Å². The van der Waals surface area contributed by atoms with Crippen LogP contribution in [0.3, 0.4) is 0 Å². The second-order valence-electron chi connectivity index (χ2n) is 7.68. The SMILES string of the molecule is COc1ccc(C(=O)N2C(C(=O)O)CC3CCCCC32)cc1N1CCNC1=O. The molecule has 2 N–H and O–H groups in total. The first kappa shape index (κ1) is 18.6. The second-order valence-corrected chi connectivity index (χ2v) is 7.68. The second kappa shape index (κ2) is 7.33. The van der Waals surface area contributed by atoms with E-state index in [-0.39, 0.29) is 23.9 Å². The number of fused-ring (bicyclic) bond motifs is 1. The Balaban J connectivity index is 1.68. The lowest BCUT2D eigenvalue weighted by atomic mass is 9.84. The number of rotatable bonds is 4. The van der Waals surface area contributed by atoms with Gasteiger partial charge in [0, 0.05) is 24.7 Å². The van der Waals surface area contributed by atoms with Crippen LogP contribution in [-0.2, 0) is 4.79 Å². The van der Waals surface area contributed by atoms with Gasteiger partial charge in [0.25, 0.3) is 5.91 Å². The maximum atomic E-state index is 13.4. The van der Waals surface area contributed by atoms with E-state index in [1.165, 1.54) is 12.0 Å². The zero-order chi connectivity index (χ0) is 19.8. The van der Waals surface area contributed by atoms with Gasteiger partial charge in [-0.3, -0.25) is 9.69 Å². The number of carboxylic acid groups (broad SMARTS) is 1. The third-order valence-corrected chi connectivity index (χ3v) is 6.18. The summed E-state index contributed by atoms with van der Waals surface area (Å²) in [7, 11) is 1.52. The molecule has 2 heterocycles. The van der Waals surface area contributed by atoms with Crippen molar-refractivity contribution in [2.24, 2.45) is 5.92 Å². The maximum absolute atomic E-state index is 13.4. The van der Waals surface area contributed by atoms with Gasteiger partial charge in [-0.1, -0.05) is 12.8 Å². The van der Waals surface area contributed by atoms with E-state index < -0.39 is 12.0 Å². The van der Waals surface area contributed by atoms with Gasteiger partial charge in [-0.05, 0) is 43.4 Å². The average molecular weight is 387 g/mol. The molecule has 3 amide bonds. The van der Waals surface area contributed by atoms with Crippen LogP contribution in [-0.4, -0.2) is 60.2 Å². The van der Waals surface area contributed by atoms with Crippen LogP contribution in [0.4, 0.5) is 10.5 Å². The minimum absolute atomic E-state index is 0.0250. The molecule has 0 aromatic heterocycles. The van der Waals surface area contributed by atoms with Crippen LogP contribution in [0.15, 0.2) is 18.2 Å². The molecule has 1 saturated carbocycles. The molecule has 3 aliphatic rings. The molecule has 1 aliphatic carbocycles. The molecule has 1 aromatic rings. The quantitative estimate of drug-likeness (QED) is 0.824. The molecule has 0 bridgehead atoms. The minimum atomic E-state index is -0.949. The lowest BCUT2D eigenvalue weighted by Crippen LogP contribution is -2.46. The van der Waals surface area contributed by atoms with Crippen molar-refractivity contribution < 1.29 is 24.2 Å². The molecule has 150 valence electrons. The Morgan fingerprint density at radius 2 is 2.04 bits per heavy atom. The van der Waals surface area contributed by atoms with E-state index in [9.17, 15) is 19.5 Å². The molecule has 3 fully saturated rings. The van der Waals surface area contributed by atoms with Crippen molar-refractivity contribution in [2.45, 2.75) is 44.2 Å². The van der Waals surface area contributed by atoms with Crippen LogP contribution in [0.25, 0.3) is 0 Å². The molecule has 3 unspecified atom stereocenters. The molecule has 1 aromatic carbocycles. The normalized spacial score (nSPS) is 26.8. The van der Waals surface area contributed by atoms with Crippen molar-refractivity contribution in [2.75, 3.05) is 25.1 Å². The standard InChI is InChI=1S/C20H25N3O5/c1-28-17-7-6-13(11-15(17)22-9-8-21-20(22)27)18(24)23-14-5-3-2-4-12(14)10-16(23)19(25)26/h6-7,11-12,14,16H,2-5,8-10H2,1H3,(H,21,27)(H,25,26). The van der Waals surface area contributed by atoms with Crippen LogP contribution < -0.4 is 15.0 Å². The highest BCUT2D eigenvalue weighted by atomic mass is 16.5. The number of nitrogens with one attached hydrogen (secondary N) is 1. The Morgan fingerprint density at radius 1 is 1.25 bits per heavy atom. The summed E-state index contributed by atoms with van der Waals surface area (Å²) in [4.78, 5) is 40.4. The van der Waals surface area contributed by atoms with E-state index in [0.717, 1.165) is 25.7 Å². The predicted molar refractivity (Wildman–Crippen MR) is 102 cm³/mol. The largest absolute Gasteiger partial charge is 0.495 e. The molecule has 0 radical (unpaired) electrons. The van der Waals surface area contributed by atoms with Crippen LogP contribution >= 0.6 is 0 Å². The van der Waals surface area contributed by atoms with Gasteiger partial charge in [0.15, 0.2) is 0 Å². The van der Waals surface area contributed by atoms with Crippen molar-refractivity contribution in [1.29, 1.82) is 0 Å². The Morgan fingerprint density at radius 3 is 2.71 bits per heavy atom. The Bertz CT molecular complexity index is 811. The number of amides is 3. The van der Waals surface area contributed by atoms with Crippen LogP contribution in [0.5, 0.6) is 5.75 Å². The summed E-state index contributed by atoms with van der Waals surface area (Å²) in [6.45, 7) is 1.01. The van der Waals surface area contributed by atoms with E-state index in [4.69, 9.17) is 4.74 Å². The monoisotopic (exact) mass is 387 g/mol. The molecular formula is C20H25N3O5. The first-order valence-electron chi connectivity index (χ1n) is 9.80. The topological polar surface area (TPSA) is 99.2 Å². The number of carbonyl (C=O) groups excluding carboxylic acids is 2. The number of urea groups is 1. The number of aliphatic carboxylic acids is 1. The molecule has 8 nitrogen and oxygen atoms in total. The number of nitrogens with zero attached hydrogens (tertiary/aromatic N) is 2. The third kappa shape index (κ3) is 3.06. The smallest absolute Gasteiger partial charge is 0.326 e. The molecule has 2 saturated heterocycles. The summed E-state index contributed by atoms with van der Waals surface area (Å²) in [6, 6.07) is 3.90. The highest BCUT2D eigenvalue weighted by Gasteiger charge is 2.47. The minimum Gasteiger partial charge on any atom is -0.495 e. The van der Waals surface area contributed by atoms with E-state index in [1.807, 2.05) is 0 Å². The van der Waals surface area contributed by atoms with Crippen molar-refractivity contribution in [3.63, 3.8) is 0 Å². The van der Waals surface area contributed by atoms with Gasteiger partial charge in [-0.25, -0.2) is 9.59 Å². The third-order valence-electron chi connectivity index (χ3n) is 6.18. The Hall–Kier alpha value is -2.77. The number of anilines is 1. The van der Waals surface area contributed by atoms with Gasteiger partial charge in [0.1, 0.15) is 11.8 Å². The van der Waals surface area contributed by atoms with Gasteiger partial charge in [0.2, 0.25) is 0 Å². The van der Waals surface area contributed by atoms with Crippen molar-refractivity contribution >= 4 is 23.6 Å². The van der Waals surface area contributed by atoms with Crippen molar-refractivity contribution in [1.82, 2.24) is 10.2 Å². The average Bonchev–Trinajstić information content (AvgIpc) is 3.30. The molecule has 0 spiro atoms. The zero-order valence-electron chi connectivity index (χ0n) is 15.9. The van der Waals surface area contributed by atoms with Gasteiger partial charge < -0.3 is 20.1 Å². The number of benzene rings is 1. The molecule has 28 heavy (non-hydrogen) atoms. The number of hydrogen-bond acceptors (Lipinski definition) is 4. The summed E-state index contributed by atoms with van der Waals surface area (Å²) in [5.41, 5.74) is 0.905. The lowest BCUT2D eigenvalue weighted by Gasteiger charge is -2.33. The van der Waals surface area contributed by atoms with Crippen LogP contribution in [0.1, 0.15) is 42.5 Å². The molecule has 4 rings (SSSR count). The highest BCUT2D eigenvalue weighted by molar-refractivity contribution is 6.01. The fourth-order valence-electron chi connectivity index (χ4n) is 4.86. The highest BCUT2D eigenvalue weighted by Crippen LogP contribution is 2.41. The number of hydrogen-bond donors (Lipinski definition) is 2. The van der Waals surface area contributed by atoms with E-state index in [2.05, 4.69) is 5.32 Å². The first-order chi connectivity index (χ1) is 13.5. The van der Waals surface area contributed by atoms with Crippen molar-refractivity contribution in [3.8, 4) is 5.75 Å². The molecule has 8 heteroatoms. The Labute approximate surface area is 163 Å². The fourth-order valence-corrected chi connectivity index (χ4v) is 4.86. The number of likely N-dealkylation sites (tertiary alicyclic amines) is 1. The van der Waals surface area contributed by atoms with E-state index in [1.54, 1.807) is 23.1 Å². The van der Waals surface area contributed by atoms with E-state index in [0.29, 0.717) is 36.5 Å². The summed E-state index contributed by atoms with van der Waals surface area (Å²) in [5.74, 6) is -0.484. The maximum Gasteiger partial charge on any atom is 0.326 e. The number of methoxy groups -OCH3 is 1. The summed E-state index contributed by atoms with van der Waals surface area (Å²) in [5, 5.41) is 12.4. The van der Waals surface area contributed by atoms with E-state index >= 15 is 0 Å². The summed E-state index contributed by atoms with van der Waals surface area (Å²) in [6.07, 6.45) is 4.44. The van der Waals surface area contributed by atoms with Gasteiger partial charge in [-0.2, -0.15) is 0 Å². The van der Waals surface area contributed by atoms with Crippen molar-refractivity contribution in [3.05, 3.63) is 23.8 Å². The van der Waals surface area contributed by atoms with Crippen LogP contribution in [0, 0.1) is 5.92 Å². The fraction of sp³-hybridized carbons (Fsp3) is 0.550. The number of carboxylic acids is 1. The lowest BCUT2D eigenvalue weighted by molar-refractivity contribution is -0.141. The summed E-state index contributed by atoms with van der Waals surface area (Å²) < 4.78 is 5.37. The molecule has 3 atom stereocenters. The van der Waals surface area contributed by atoms with Gasteiger partial charge in [0.05, 0.1) is 12.8 Å². The predicted octanol–water partition coefficient (Wildman–Crippen LogP) is 2.08. The molecular weight excluding hydrogens is 362 g/mol. The number of carbonyl (C=O) groups is 3. The summed E-state index contributed by atoms with van der Waals surface area (Å²) >= 11 is 0. The Kier molecular flexibility index (Phi) is 4.87. The number of ether oxygens (including phenoxy) is 1. The van der Waals surface area contributed by atoms with Crippen LogP contribution in [0.2, 0.25) is 0 Å². The molecule has 2 aliphatic heterocycles. The first-order valence-corrected chi connectivity index (χ1v) is 9.80. The van der Waals surface area contributed by atoms with Gasteiger partial charge >= 0.3 is 12.0 Å².